The van der Waals surface area contributed by atoms with Crippen molar-refractivity contribution in [2.45, 2.75) is 18.9 Å². The van der Waals surface area contributed by atoms with Crippen molar-refractivity contribution < 1.29 is 0 Å². The first kappa shape index (κ1) is 12.7. The monoisotopic (exact) mass is 338 g/mol. The fourth-order valence-corrected chi connectivity index (χ4v) is 2.46. The van der Waals surface area contributed by atoms with Crippen molar-refractivity contribution in [1.82, 2.24) is 9.97 Å². The fraction of sp³-hybridized carbons (Fsp3) is 0.231. The Balaban J connectivity index is 2.06. The predicted octanol–water partition coefficient (Wildman–Crippen LogP) is 3.72. The normalized spacial score (nSPS) is 14.4. The third-order valence-corrected chi connectivity index (χ3v) is 3.74. The highest BCUT2D eigenvalue weighted by atomic mass is 79.9. The lowest BCUT2D eigenvalue weighted by atomic mass is 10.1. The Bertz CT molecular complexity index is 628. The lowest BCUT2D eigenvalue weighted by molar-refractivity contribution is 1.09. The molecular weight excluding hydrogens is 328 g/mol. The van der Waals surface area contributed by atoms with Gasteiger partial charge in [0.25, 0.3) is 0 Å². The number of anilines is 2. The number of nitrogens with two attached hydrogens (primary N) is 1. The predicted molar refractivity (Wildman–Crippen MR) is 81.2 cm³/mol. The smallest absolute Gasteiger partial charge is 0.222 e. The van der Waals surface area contributed by atoms with E-state index in [0.29, 0.717) is 22.6 Å². The highest BCUT2D eigenvalue weighted by Crippen LogP contribution is 2.35. The van der Waals surface area contributed by atoms with Crippen LogP contribution in [0, 0.1) is 0 Å². The molecule has 98 valence electrons. The average Bonchev–Trinajstić information content (AvgIpc) is 3.17. The summed E-state index contributed by atoms with van der Waals surface area (Å²) in [6.45, 7) is 0. The number of halogens is 2. The summed E-state index contributed by atoms with van der Waals surface area (Å²) in [7, 11) is 0. The topological polar surface area (TPSA) is 63.8 Å². The van der Waals surface area contributed by atoms with Gasteiger partial charge in [0.2, 0.25) is 5.95 Å². The van der Waals surface area contributed by atoms with Crippen molar-refractivity contribution in [2.75, 3.05) is 11.1 Å². The highest BCUT2D eigenvalue weighted by molar-refractivity contribution is 9.10. The summed E-state index contributed by atoms with van der Waals surface area (Å²) in [6, 6.07) is 8.24. The van der Waals surface area contributed by atoms with Gasteiger partial charge in [-0.1, -0.05) is 39.7 Å². The number of nitrogens with one attached hydrogen (secondary N) is 1. The van der Waals surface area contributed by atoms with Gasteiger partial charge in [-0.2, -0.15) is 4.98 Å². The Labute approximate surface area is 124 Å². The third-order valence-electron chi connectivity index (χ3n) is 2.88. The molecule has 0 bridgehead atoms. The second kappa shape index (κ2) is 4.98. The molecule has 19 heavy (non-hydrogen) atoms. The van der Waals surface area contributed by atoms with E-state index >= 15 is 0 Å². The second-order valence-electron chi connectivity index (χ2n) is 4.52. The van der Waals surface area contributed by atoms with Crippen molar-refractivity contribution in [1.29, 1.82) is 0 Å². The van der Waals surface area contributed by atoms with Crippen LogP contribution in [0.5, 0.6) is 0 Å². The van der Waals surface area contributed by atoms with Gasteiger partial charge in [-0.25, -0.2) is 4.98 Å². The molecule has 6 heteroatoms. The van der Waals surface area contributed by atoms with Crippen molar-refractivity contribution >= 4 is 39.3 Å². The van der Waals surface area contributed by atoms with Gasteiger partial charge in [-0.05, 0) is 25.0 Å². The maximum absolute atomic E-state index is 6.38. The van der Waals surface area contributed by atoms with Crippen LogP contribution < -0.4 is 11.1 Å². The molecule has 1 aliphatic carbocycles. The van der Waals surface area contributed by atoms with Gasteiger partial charge in [0.15, 0.2) is 5.82 Å². The molecule has 4 nitrogen and oxygen atoms in total. The van der Waals surface area contributed by atoms with E-state index < -0.39 is 0 Å². The summed E-state index contributed by atoms with van der Waals surface area (Å²) < 4.78 is 0.968. The molecule has 1 aromatic heterocycles. The SMILES string of the molecule is Nc1nc(NC2CC2)c(Cl)c(-c2cccc(Br)c2)n1. The number of aromatic nitrogens is 2. The number of rotatable bonds is 3. The average molecular weight is 340 g/mol. The van der Waals surface area contributed by atoms with Crippen LogP contribution >= 0.6 is 27.5 Å². The molecule has 0 atom stereocenters. The van der Waals surface area contributed by atoms with Crippen LogP contribution in [0.25, 0.3) is 11.3 Å². The van der Waals surface area contributed by atoms with Gasteiger partial charge in [-0.3, -0.25) is 0 Å². The quantitative estimate of drug-likeness (QED) is 0.894. The molecule has 0 radical (unpaired) electrons. The van der Waals surface area contributed by atoms with Gasteiger partial charge in [0.1, 0.15) is 5.02 Å². The van der Waals surface area contributed by atoms with Crippen LogP contribution in [-0.2, 0) is 0 Å². The molecule has 1 saturated carbocycles. The summed E-state index contributed by atoms with van der Waals surface area (Å²) in [6.07, 6.45) is 2.29. The molecule has 3 rings (SSSR count). The lowest BCUT2D eigenvalue weighted by Crippen LogP contribution is -2.07. The van der Waals surface area contributed by atoms with E-state index in [1.54, 1.807) is 0 Å². The molecule has 1 fully saturated rings. The zero-order valence-corrected chi connectivity index (χ0v) is 12.4. The largest absolute Gasteiger partial charge is 0.368 e. The zero-order valence-electron chi connectivity index (χ0n) is 10.0. The standard InChI is InChI=1S/C13H12BrClN4/c14-8-3-1-2-7(6-8)11-10(15)12(17-9-4-5-9)19-13(16)18-11/h1-3,6,9H,4-5H2,(H3,16,17,18,19). The van der Waals surface area contributed by atoms with Crippen LogP contribution in [-0.4, -0.2) is 16.0 Å². The van der Waals surface area contributed by atoms with E-state index in [9.17, 15) is 0 Å². The Morgan fingerprint density at radius 3 is 2.79 bits per heavy atom. The summed E-state index contributed by atoms with van der Waals surface area (Å²) >= 11 is 9.82. The van der Waals surface area contributed by atoms with Crippen molar-refractivity contribution in [3.05, 3.63) is 33.8 Å². The molecule has 1 aromatic carbocycles. The molecule has 0 saturated heterocycles. The molecule has 3 N–H and O–H groups in total. The van der Waals surface area contributed by atoms with Crippen LogP contribution in [0.1, 0.15) is 12.8 Å². The van der Waals surface area contributed by atoms with Crippen molar-refractivity contribution in [2.24, 2.45) is 0 Å². The van der Waals surface area contributed by atoms with Crippen LogP contribution in [0.3, 0.4) is 0 Å². The van der Waals surface area contributed by atoms with E-state index in [1.807, 2.05) is 24.3 Å². The number of benzene rings is 1. The van der Waals surface area contributed by atoms with E-state index in [4.69, 9.17) is 17.3 Å². The van der Waals surface area contributed by atoms with E-state index in [-0.39, 0.29) is 5.95 Å². The maximum atomic E-state index is 6.38. The number of nitrogen functional groups attached to an aromatic ring is 1. The maximum Gasteiger partial charge on any atom is 0.222 e. The van der Waals surface area contributed by atoms with Crippen molar-refractivity contribution in [3.63, 3.8) is 0 Å². The molecule has 1 heterocycles. The van der Waals surface area contributed by atoms with Gasteiger partial charge < -0.3 is 11.1 Å². The first-order valence-electron chi connectivity index (χ1n) is 5.99. The molecule has 0 amide bonds. The minimum atomic E-state index is 0.225. The van der Waals surface area contributed by atoms with Crippen molar-refractivity contribution in [3.8, 4) is 11.3 Å². The Hall–Kier alpha value is -1.33. The molecule has 2 aromatic rings. The molecule has 0 unspecified atom stereocenters. The van der Waals surface area contributed by atoms with E-state index in [0.717, 1.165) is 22.9 Å². The van der Waals surface area contributed by atoms with Crippen LogP contribution in [0.2, 0.25) is 5.02 Å². The summed E-state index contributed by atoms with van der Waals surface area (Å²) in [4.78, 5) is 8.42. The first-order valence-corrected chi connectivity index (χ1v) is 7.16. The van der Waals surface area contributed by atoms with Crippen LogP contribution in [0.4, 0.5) is 11.8 Å². The van der Waals surface area contributed by atoms with Gasteiger partial charge in [-0.15, -0.1) is 0 Å². The number of hydrogen-bond donors (Lipinski definition) is 2. The molecule has 1 aliphatic rings. The van der Waals surface area contributed by atoms with Crippen LogP contribution in [0.15, 0.2) is 28.7 Å². The zero-order chi connectivity index (χ0) is 13.4. The third kappa shape index (κ3) is 2.82. The Morgan fingerprint density at radius 2 is 2.11 bits per heavy atom. The fourth-order valence-electron chi connectivity index (χ4n) is 1.81. The number of hydrogen-bond acceptors (Lipinski definition) is 4. The molecular formula is C13H12BrClN4. The van der Waals surface area contributed by atoms with E-state index in [1.165, 1.54) is 0 Å². The highest BCUT2D eigenvalue weighted by Gasteiger charge is 2.24. The summed E-state index contributed by atoms with van der Waals surface area (Å²) in [5.41, 5.74) is 7.33. The van der Waals surface area contributed by atoms with E-state index in [2.05, 4.69) is 31.2 Å². The summed E-state index contributed by atoms with van der Waals surface area (Å²) in [5, 5.41) is 3.79. The first-order chi connectivity index (χ1) is 9.13. The lowest BCUT2D eigenvalue weighted by Gasteiger charge is -2.11. The van der Waals surface area contributed by atoms with Gasteiger partial charge >= 0.3 is 0 Å². The minimum Gasteiger partial charge on any atom is -0.368 e. The Kier molecular flexibility index (Phi) is 3.33. The Morgan fingerprint density at radius 1 is 1.32 bits per heavy atom. The number of nitrogens with zero attached hydrogens (tertiary/aromatic N) is 2. The minimum absolute atomic E-state index is 0.225. The molecule has 0 aliphatic heterocycles. The van der Waals surface area contributed by atoms with Gasteiger partial charge in [0.05, 0.1) is 5.69 Å². The summed E-state index contributed by atoms with van der Waals surface area (Å²) in [5.74, 6) is 0.842. The van der Waals surface area contributed by atoms with Gasteiger partial charge in [0, 0.05) is 16.1 Å². The molecule has 0 spiro atoms. The second-order valence-corrected chi connectivity index (χ2v) is 5.82.